The molecule has 0 spiro atoms. The van der Waals surface area contributed by atoms with E-state index in [1.807, 2.05) is 13.8 Å². The summed E-state index contributed by atoms with van der Waals surface area (Å²) in [6.07, 6.45) is 2.93. The maximum Gasteiger partial charge on any atom is 0.221 e. The lowest BCUT2D eigenvalue weighted by Gasteiger charge is -2.33. The zero-order chi connectivity index (χ0) is 14.4. The van der Waals surface area contributed by atoms with Gasteiger partial charge in [-0.15, -0.1) is 0 Å². The Hall–Kier alpha value is -0.650. The highest BCUT2D eigenvalue weighted by atomic mass is 16.1. The lowest BCUT2D eigenvalue weighted by Crippen LogP contribution is -2.49. The van der Waals surface area contributed by atoms with Crippen molar-refractivity contribution in [1.82, 2.24) is 15.1 Å². The van der Waals surface area contributed by atoms with Crippen LogP contribution in [0.5, 0.6) is 0 Å². The third kappa shape index (κ3) is 5.47. The Bertz CT molecular complexity index is 281. The molecule has 0 aromatic heterocycles. The molecule has 1 fully saturated rings. The average molecular weight is 270 g/mol. The van der Waals surface area contributed by atoms with Crippen LogP contribution < -0.4 is 11.1 Å². The molecule has 1 amide bonds. The second-order valence-electron chi connectivity index (χ2n) is 6.11. The van der Waals surface area contributed by atoms with Gasteiger partial charge in [-0.25, -0.2) is 0 Å². The summed E-state index contributed by atoms with van der Waals surface area (Å²) in [5, 5.41) is 2.96. The maximum absolute atomic E-state index is 11.9. The summed E-state index contributed by atoms with van der Waals surface area (Å²) in [5.74, 6) is 0.112. The summed E-state index contributed by atoms with van der Waals surface area (Å²) in [7, 11) is 4.19. The lowest BCUT2D eigenvalue weighted by atomic mass is 10.1. The molecule has 0 aliphatic carbocycles. The highest BCUT2D eigenvalue weighted by Crippen LogP contribution is 2.21. The van der Waals surface area contributed by atoms with Gasteiger partial charge in [-0.2, -0.15) is 0 Å². The van der Waals surface area contributed by atoms with Crippen LogP contribution >= 0.6 is 0 Å². The number of amides is 1. The van der Waals surface area contributed by atoms with Crippen molar-refractivity contribution in [2.45, 2.75) is 51.2 Å². The van der Waals surface area contributed by atoms with Gasteiger partial charge in [0, 0.05) is 37.6 Å². The van der Waals surface area contributed by atoms with E-state index in [-0.39, 0.29) is 18.0 Å². The molecular formula is C14H30N4O. The van der Waals surface area contributed by atoms with Crippen LogP contribution in [0.1, 0.15) is 33.1 Å². The summed E-state index contributed by atoms with van der Waals surface area (Å²) in [5.41, 5.74) is 5.89. The first-order valence-electron chi connectivity index (χ1n) is 7.34. The Morgan fingerprint density at radius 2 is 2.16 bits per heavy atom. The zero-order valence-electron chi connectivity index (χ0n) is 12.9. The first kappa shape index (κ1) is 16.4. The van der Waals surface area contributed by atoms with Gasteiger partial charge in [0.25, 0.3) is 0 Å². The fourth-order valence-corrected chi connectivity index (χ4v) is 2.89. The minimum Gasteiger partial charge on any atom is -0.354 e. The third-order valence-corrected chi connectivity index (χ3v) is 3.61. The standard InChI is InChI=1S/C14H30N4O/c1-11(2)16-14(19)8-13(9-15)18-7-5-6-12(18)10-17(3)4/h11-13H,5-10,15H2,1-4H3,(H,16,19). The number of likely N-dealkylation sites (N-methyl/N-ethyl adjacent to an activating group) is 1. The molecule has 2 atom stereocenters. The highest BCUT2D eigenvalue weighted by molar-refractivity contribution is 5.76. The molecule has 5 heteroatoms. The quantitative estimate of drug-likeness (QED) is 0.696. The van der Waals surface area contributed by atoms with Crippen LogP contribution in [0, 0.1) is 0 Å². The van der Waals surface area contributed by atoms with Crippen molar-refractivity contribution in [2.75, 3.05) is 33.7 Å². The largest absolute Gasteiger partial charge is 0.354 e. The second-order valence-corrected chi connectivity index (χ2v) is 6.11. The Kier molecular flexibility index (Phi) is 6.75. The SMILES string of the molecule is CC(C)NC(=O)CC(CN)N1CCCC1CN(C)C. The van der Waals surface area contributed by atoms with E-state index in [0.717, 1.165) is 13.1 Å². The van der Waals surface area contributed by atoms with Crippen LogP contribution in [0.25, 0.3) is 0 Å². The number of hydrogen-bond donors (Lipinski definition) is 2. The van der Waals surface area contributed by atoms with E-state index in [4.69, 9.17) is 5.73 Å². The van der Waals surface area contributed by atoms with E-state index >= 15 is 0 Å². The van der Waals surface area contributed by atoms with Crippen molar-refractivity contribution in [1.29, 1.82) is 0 Å². The number of nitrogens with two attached hydrogens (primary N) is 1. The van der Waals surface area contributed by atoms with Gasteiger partial charge in [-0.3, -0.25) is 9.69 Å². The number of nitrogens with zero attached hydrogens (tertiary/aromatic N) is 2. The van der Waals surface area contributed by atoms with Crippen LogP contribution in [0.4, 0.5) is 0 Å². The summed E-state index contributed by atoms with van der Waals surface area (Å²) >= 11 is 0. The average Bonchev–Trinajstić information content (AvgIpc) is 2.72. The fraction of sp³-hybridized carbons (Fsp3) is 0.929. The van der Waals surface area contributed by atoms with Gasteiger partial charge in [0.05, 0.1) is 0 Å². The second kappa shape index (κ2) is 7.82. The number of carbonyl (C=O) groups excluding carboxylic acids is 1. The monoisotopic (exact) mass is 270 g/mol. The Balaban J connectivity index is 2.55. The van der Waals surface area contributed by atoms with Gasteiger partial charge in [0.15, 0.2) is 0 Å². The van der Waals surface area contributed by atoms with Gasteiger partial charge in [0.1, 0.15) is 0 Å². The minimum atomic E-state index is 0.112. The molecule has 1 aliphatic heterocycles. The molecule has 112 valence electrons. The third-order valence-electron chi connectivity index (χ3n) is 3.61. The molecule has 0 aromatic carbocycles. The van der Waals surface area contributed by atoms with Crippen molar-refractivity contribution in [3.63, 3.8) is 0 Å². The number of nitrogens with one attached hydrogen (secondary N) is 1. The smallest absolute Gasteiger partial charge is 0.221 e. The Labute approximate surface area is 117 Å². The van der Waals surface area contributed by atoms with Crippen molar-refractivity contribution < 1.29 is 4.79 Å². The Morgan fingerprint density at radius 3 is 2.68 bits per heavy atom. The molecule has 2 unspecified atom stereocenters. The molecule has 0 aromatic rings. The predicted molar refractivity (Wildman–Crippen MR) is 79.0 cm³/mol. The van der Waals surface area contributed by atoms with Gasteiger partial charge in [0.2, 0.25) is 5.91 Å². The molecular weight excluding hydrogens is 240 g/mol. The number of likely N-dealkylation sites (tertiary alicyclic amines) is 1. The lowest BCUT2D eigenvalue weighted by molar-refractivity contribution is -0.122. The first-order valence-corrected chi connectivity index (χ1v) is 7.34. The van der Waals surface area contributed by atoms with E-state index < -0.39 is 0 Å². The zero-order valence-corrected chi connectivity index (χ0v) is 12.9. The first-order chi connectivity index (χ1) is 8.93. The maximum atomic E-state index is 11.9. The van der Waals surface area contributed by atoms with E-state index in [9.17, 15) is 4.79 Å². The van der Waals surface area contributed by atoms with Crippen LogP contribution in [0.2, 0.25) is 0 Å². The highest BCUT2D eigenvalue weighted by Gasteiger charge is 2.31. The van der Waals surface area contributed by atoms with Crippen molar-refractivity contribution >= 4 is 5.91 Å². The predicted octanol–water partition coefficient (Wildman–Crippen LogP) is 0.254. The van der Waals surface area contributed by atoms with Gasteiger partial charge >= 0.3 is 0 Å². The van der Waals surface area contributed by atoms with Crippen molar-refractivity contribution in [3.8, 4) is 0 Å². The number of carbonyl (C=O) groups is 1. The minimum absolute atomic E-state index is 0.112. The summed E-state index contributed by atoms with van der Waals surface area (Å²) in [6.45, 7) is 6.63. The van der Waals surface area contributed by atoms with Crippen molar-refractivity contribution in [2.24, 2.45) is 5.73 Å². The van der Waals surface area contributed by atoms with E-state index in [2.05, 4.69) is 29.2 Å². The van der Waals surface area contributed by atoms with Gasteiger partial charge in [-0.05, 0) is 47.3 Å². The number of hydrogen-bond acceptors (Lipinski definition) is 4. The van der Waals surface area contributed by atoms with E-state index in [1.54, 1.807) is 0 Å². The molecule has 1 aliphatic rings. The van der Waals surface area contributed by atoms with Gasteiger partial charge < -0.3 is 16.0 Å². The molecule has 0 radical (unpaired) electrons. The number of rotatable bonds is 7. The van der Waals surface area contributed by atoms with Crippen LogP contribution in [0.3, 0.4) is 0 Å². The molecule has 0 saturated carbocycles. The van der Waals surface area contributed by atoms with Crippen LogP contribution in [-0.4, -0.2) is 67.6 Å². The molecule has 0 bridgehead atoms. The van der Waals surface area contributed by atoms with Crippen LogP contribution in [-0.2, 0) is 4.79 Å². The van der Waals surface area contributed by atoms with Crippen LogP contribution in [0.15, 0.2) is 0 Å². The van der Waals surface area contributed by atoms with Crippen molar-refractivity contribution in [3.05, 3.63) is 0 Å². The normalized spacial score (nSPS) is 22.2. The Morgan fingerprint density at radius 1 is 1.47 bits per heavy atom. The van der Waals surface area contributed by atoms with E-state index in [0.29, 0.717) is 19.0 Å². The molecule has 3 N–H and O–H groups in total. The summed E-state index contributed by atoms with van der Waals surface area (Å²) < 4.78 is 0. The summed E-state index contributed by atoms with van der Waals surface area (Å²) in [4.78, 5) is 16.5. The molecule has 1 saturated heterocycles. The molecule has 1 heterocycles. The molecule has 5 nitrogen and oxygen atoms in total. The van der Waals surface area contributed by atoms with E-state index in [1.165, 1.54) is 12.8 Å². The molecule has 19 heavy (non-hydrogen) atoms. The summed E-state index contributed by atoms with van der Waals surface area (Å²) in [6, 6.07) is 0.906. The molecule has 1 rings (SSSR count). The fourth-order valence-electron chi connectivity index (χ4n) is 2.89. The topological polar surface area (TPSA) is 61.6 Å². The van der Waals surface area contributed by atoms with Gasteiger partial charge in [-0.1, -0.05) is 0 Å².